The number of carbonyl (C=O) groups is 1. The predicted molar refractivity (Wildman–Crippen MR) is 72.0 cm³/mol. The van der Waals surface area contributed by atoms with E-state index in [0.717, 1.165) is 25.9 Å². The summed E-state index contributed by atoms with van der Waals surface area (Å²) >= 11 is 5.77. The second kappa shape index (κ2) is 4.81. The van der Waals surface area contributed by atoms with Crippen LogP contribution in [0, 0.1) is 5.41 Å². The van der Waals surface area contributed by atoms with E-state index in [1.807, 2.05) is 4.90 Å². The second-order valence-corrected chi connectivity index (χ2v) is 6.09. The van der Waals surface area contributed by atoms with Gasteiger partial charge in [-0.3, -0.25) is 4.79 Å². The highest BCUT2D eigenvalue weighted by atomic mass is 35.5. The molecule has 1 N–H and O–H groups in total. The van der Waals surface area contributed by atoms with Crippen molar-refractivity contribution in [2.45, 2.75) is 26.7 Å². The molecule has 3 nitrogen and oxygen atoms in total. The molecular formula is C14H18ClNO2. The van der Waals surface area contributed by atoms with Gasteiger partial charge in [0.15, 0.2) is 0 Å². The first-order chi connectivity index (χ1) is 8.39. The van der Waals surface area contributed by atoms with Crippen LogP contribution in [0.2, 0.25) is 5.02 Å². The van der Waals surface area contributed by atoms with Crippen LogP contribution in [0.1, 0.15) is 37.0 Å². The Morgan fingerprint density at radius 3 is 2.78 bits per heavy atom. The molecule has 1 saturated heterocycles. The van der Waals surface area contributed by atoms with Crippen molar-refractivity contribution in [3.05, 3.63) is 28.8 Å². The molecule has 1 fully saturated rings. The Morgan fingerprint density at radius 2 is 2.17 bits per heavy atom. The van der Waals surface area contributed by atoms with Crippen molar-refractivity contribution < 1.29 is 9.90 Å². The summed E-state index contributed by atoms with van der Waals surface area (Å²) in [7, 11) is 0. The summed E-state index contributed by atoms with van der Waals surface area (Å²) < 4.78 is 0. The van der Waals surface area contributed by atoms with Gasteiger partial charge in [-0.25, -0.2) is 0 Å². The van der Waals surface area contributed by atoms with Crippen LogP contribution in [0.5, 0.6) is 5.75 Å². The summed E-state index contributed by atoms with van der Waals surface area (Å²) in [6.45, 7) is 5.81. The van der Waals surface area contributed by atoms with E-state index in [4.69, 9.17) is 11.6 Å². The van der Waals surface area contributed by atoms with E-state index in [9.17, 15) is 9.90 Å². The fourth-order valence-corrected chi connectivity index (χ4v) is 2.62. The Balaban J connectivity index is 2.20. The molecule has 0 radical (unpaired) electrons. The maximum atomic E-state index is 12.3. The molecule has 1 aromatic rings. The number of carbonyl (C=O) groups excluding carboxylic acids is 1. The van der Waals surface area contributed by atoms with Gasteiger partial charge in [0.1, 0.15) is 5.75 Å². The first-order valence-corrected chi connectivity index (χ1v) is 6.55. The van der Waals surface area contributed by atoms with Crippen molar-refractivity contribution in [1.29, 1.82) is 0 Å². The van der Waals surface area contributed by atoms with Gasteiger partial charge in [0.05, 0.1) is 5.56 Å². The van der Waals surface area contributed by atoms with Crippen LogP contribution in [-0.2, 0) is 0 Å². The number of piperidine rings is 1. The molecule has 0 aromatic heterocycles. The molecule has 1 amide bonds. The average Bonchev–Trinajstić information content (AvgIpc) is 2.27. The highest BCUT2D eigenvalue weighted by Gasteiger charge is 2.30. The van der Waals surface area contributed by atoms with Crippen molar-refractivity contribution in [2.24, 2.45) is 5.41 Å². The fraction of sp³-hybridized carbons (Fsp3) is 0.500. The Morgan fingerprint density at radius 1 is 1.44 bits per heavy atom. The van der Waals surface area contributed by atoms with E-state index in [0.29, 0.717) is 10.6 Å². The highest BCUT2D eigenvalue weighted by molar-refractivity contribution is 6.30. The summed E-state index contributed by atoms with van der Waals surface area (Å²) in [6.07, 6.45) is 2.14. The lowest BCUT2D eigenvalue weighted by Gasteiger charge is -2.38. The average molecular weight is 268 g/mol. The van der Waals surface area contributed by atoms with Crippen molar-refractivity contribution in [3.8, 4) is 5.75 Å². The fourth-order valence-electron chi connectivity index (χ4n) is 2.45. The van der Waals surface area contributed by atoms with Gasteiger partial charge < -0.3 is 10.0 Å². The smallest absolute Gasteiger partial charge is 0.257 e. The summed E-state index contributed by atoms with van der Waals surface area (Å²) in [5.74, 6) is -0.159. The molecule has 0 bridgehead atoms. The second-order valence-electron chi connectivity index (χ2n) is 5.66. The predicted octanol–water partition coefficient (Wildman–Crippen LogP) is 3.31. The number of hydrogen-bond donors (Lipinski definition) is 1. The van der Waals surface area contributed by atoms with E-state index in [2.05, 4.69) is 13.8 Å². The number of hydrogen-bond acceptors (Lipinski definition) is 2. The van der Waals surface area contributed by atoms with Crippen molar-refractivity contribution in [1.82, 2.24) is 4.90 Å². The van der Waals surface area contributed by atoms with E-state index in [-0.39, 0.29) is 17.1 Å². The van der Waals surface area contributed by atoms with Crippen LogP contribution in [0.4, 0.5) is 0 Å². The zero-order valence-corrected chi connectivity index (χ0v) is 11.5. The normalized spacial score (nSPS) is 18.7. The number of nitrogens with zero attached hydrogens (tertiary/aromatic N) is 1. The van der Waals surface area contributed by atoms with Crippen molar-refractivity contribution >= 4 is 17.5 Å². The van der Waals surface area contributed by atoms with Crippen LogP contribution in [-0.4, -0.2) is 29.0 Å². The minimum absolute atomic E-state index is 0.0455. The summed E-state index contributed by atoms with van der Waals surface area (Å²) in [4.78, 5) is 14.2. The first-order valence-electron chi connectivity index (χ1n) is 6.17. The van der Waals surface area contributed by atoms with Crippen LogP contribution >= 0.6 is 11.6 Å². The molecule has 0 unspecified atom stereocenters. The first kappa shape index (κ1) is 13.2. The minimum atomic E-state index is -0.114. The third kappa shape index (κ3) is 2.78. The molecule has 1 aliphatic heterocycles. The molecule has 0 saturated carbocycles. The molecule has 98 valence electrons. The molecule has 18 heavy (non-hydrogen) atoms. The molecule has 0 spiro atoms. The van der Waals surface area contributed by atoms with Gasteiger partial charge in [-0.2, -0.15) is 0 Å². The van der Waals surface area contributed by atoms with Gasteiger partial charge in [0.2, 0.25) is 0 Å². The topological polar surface area (TPSA) is 40.5 Å². The molecule has 1 aliphatic rings. The Kier molecular flexibility index (Phi) is 3.53. The highest BCUT2D eigenvalue weighted by Crippen LogP contribution is 2.31. The number of rotatable bonds is 1. The van der Waals surface area contributed by atoms with Crippen LogP contribution in [0.15, 0.2) is 18.2 Å². The zero-order valence-electron chi connectivity index (χ0n) is 10.7. The Bertz CT molecular complexity index is 471. The third-order valence-corrected chi connectivity index (χ3v) is 3.61. The van der Waals surface area contributed by atoms with Gasteiger partial charge in [0.25, 0.3) is 5.91 Å². The molecule has 1 aromatic carbocycles. The molecule has 0 atom stereocenters. The van der Waals surface area contributed by atoms with Gasteiger partial charge in [-0.15, -0.1) is 0 Å². The molecular weight excluding hydrogens is 250 g/mol. The third-order valence-electron chi connectivity index (χ3n) is 3.38. The Hall–Kier alpha value is -1.22. The van der Waals surface area contributed by atoms with Crippen molar-refractivity contribution in [2.75, 3.05) is 13.1 Å². The van der Waals surface area contributed by atoms with Gasteiger partial charge in [-0.05, 0) is 36.5 Å². The number of amides is 1. The molecule has 0 aliphatic carbocycles. The van der Waals surface area contributed by atoms with Crippen molar-refractivity contribution in [3.63, 3.8) is 0 Å². The van der Waals surface area contributed by atoms with Gasteiger partial charge in [-0.1, -0.05) is 25.4 Å². The summed E-state index contributed by atoms with van der Waals surface area (Å²) in [5.41, 5.74) is 0.479. The number of benzene rings is 1. The number of phenolic OH excluding ortho intramolecular Hbond substituents is 1. The number of aromatic hydroxyl groups is 1. The maximum Gasteiger partial charge on any atom is 0.257 e. The largest absolute Gasteiger partial charge is 0.507 e. The monoisotopic (exact) mass is 267 g/mol. The minimum Gasteiger partial charge on any atom is -0.507 e. The molecule has 4 heteroatoms. The lowest BCUT2D eigenvalue weighted by molar-refractivity contribution is 0.0580. The van der Waals surface area contributed by atoms with E-state index >= 15 is 0 Å². The van der Waals surface area contributed by atoms with Gasteiger partial charge >= 0.3 is 0 Å². The number of likely N-dealkylation sites (tertiary alicyclic amines) is 1. The Labute approximate surface area is 112 Å². The maximum absolute atomic E-state index is 12.3. The van der Waals surface area contributed by atoms with Crippen LogP contribution in [0.3, 0.4) is 0 Å². The quantitative estimate of drug-likeness (QED) is 0.848. The standard InChI is InChI=1S/C14H18ClNO2/c1-14(2)6-3-7-16(9-14)13(18)11-5-4-10(15)8-12(11)17/h4-5,8,17H,3,6-7,9H2,1-2H3. The number of halogens is 1. The molecule has 1 heterocycles. The zero-order chi connectivity index (χ0) is 13.3. The lowest BCUT2D eigenvalue weighted by atomic mass is 9.84. The lowest BCUT2D eigenvalue weighted by Crippen LogP contribution is -2.43. The van der Waals surface area contributed by atoms with Crippen LogP contribution in [0.25, 0.3) is 0 Å². The summed E-state index contributed by atoms with van der Waals surface area (Å²) in [6, 6.07) is 4.62. The summed E-state index contributed by atoms with van der Waals surface area (Å²) in [5, 5.41) is 10.2. The number of phenols is 1. The van der Waals surface area contributed by atoms with E-state index in [1.54, 1.807) is 12.1 Å². The van der Waals surface area contributed by atoms with Gasteiger partial charge in [0, 0.05) is 18.1 Å². The molecule has 2 rings (SSSR count). The van der Waals surface area contributed by atoms with E-state index in [1.165, 1.54) is 6.07 Å². The van der Waals surface area contributed by atoms with Crippen LogP contribution < -0.4 is 0 Å². The van der Waals surface area contributed by atoms with E-state index < -0.39 is 0 Å². The SMILES string of the molecule is CC1(C)CCCN(C(=O)c2ccc(Cl)cc2O)C1.